The van der Waals surface area contributed by atoms with E-state index in [9.17, 15) is 0 Å². The molecule has 236 valence electrons. The third kappa shape index (κ3) is 4.45. The van der Waals surface area contributed by atoms with Gasteiger partial charge in [-0.3, -0.25) is 4.57 Å². The van der Waals surface area contributed by atoms with Crippen LogP contribution in [-0.4, -0.2) is 24.5 Å². The molecule has 5 nitrogen and oxygen atoms in total. The van der Waals surface area contributed by atoms with Gasteiger partial charge in [-0.15, -0.1) is 0 Å². The lowest BCUT2D eigenvalue weighted by Crippen LogP contribution is -2.42. The summed E-state index contributed by atoms with van der Waals surface area (Å²) < 4.78 is 2.27. The van der Waals surface area contributed by atoms with Gasteiger partial charge in [0, 0.05) is 27.9 Å². The Morgan fingerprint density at radius 3 is 1.48 bits per heavy atom. The zero-order valence-electron chi connectivity index (χ0n) is 28.4. The van der Waals surface area contributed by atoms with E-state index < -0.39 is 0 Å². The van der Waals surface area contributed by atoms with Crippen molar-refractivity contribution in [1.82, 2.24) is 24.5 Å². The van der Waals surface area contributed by atoms with E-state index in [-0.39, 0.29) is 16.2 Å². The normalized spacial score (nSPS) is 15.8. The van der Waals surface area contributed by atoms with Crippen LogP contribution in [0.3, 0.4) is 0 Å². The Bertz CT molecular complexity index is 2240. The zero-order valence-corrected chi connectivity index (χ0v) is 28.4. The van der Waals surface area contributed by atoms with Crippen LogP contribution in [0, 0.1) is 5.41 Å². The Labute approximate surface area is 282 Å². The van der Waals surface area contributed by atoms with E-state index in [4.69, 9.17) is 19.9 Å². The maximum atomic E-state index is 5.34. The molecule has 2 aromatic heterocycles. The number of nitrogens with zero attached hydrogens (tertiary/aromatic N) is 5. The predicted molar refractivity (Wildman–Crippen MR) is 196 cm³/mol. The zero-order chi connectivity index (χ0) is 33.3. The molecule has 7 aromatic rings. The fourth-order valence-electron chi connectivity index (χ4n) is 7.43. The standard InChI is InChI=1S/C43H39N5/c1-41(2)33-26-31(39-46-37(28-18-10-7-11-19-28)45-38(47-39)29-20-12-8-13-21-29)32(27-34(33)42(3,4)43(41,5)6)40-44-35-24-16-17-25-36(35)48(40)30-22-14-9-15-23-30/h7-27H,1-6H3. The highest BCUT2D eigenvalue weighted by Gasteiger charge is 2.57. The van der Waals surface area contributed by atoms with Crippen molar-refractivity contribution >= 4 is 11.0 Å². The first-order valence-electron chi connectivity index (χ1n) is 16.7. The minimum absolute atomic E-state index is 0.0265. The van der Waals surface area contributed by atoms with E-state index in [1.54, 1.807) is 0 Å². The van der Waals surface area contributed by atoms with E-state index >= 15 is 0 Å². The van der Waals surface area contributed by atoms with Gasteiger partial charge in [-0.05, 0) is 63.8 Å². The van der Waals surface area contributed by atoms with Crippen molar-refractivity contribution in [3.8, 4) is 51.2 Å². The second kappa shape index (κ2) is 10.8. The SMILES string of the molecule is CC1(C)c2cc(-c3nc(-c4ccccc4)nc(-c4ccccc4)n3)c(-c3nc4ccccc4n3-c3ccccc3)cc2C(C)(C)C1(C)C. The highest BCUT2D eigenvalue weighted by Crippen LogP contribution is 2.62. The van der Waals surface area contributed by atoms with E-state index in [1.165, 1.54) is 11.1 Å². The molecular weight excluding hydrogens is 587 g/mol. The molecule has 0 saturated carbocycles. The monoisotopic (exact) mass is 625 g/mol. The predicted octanol–water partition coefficient (Wildman–Crippen LogP) is 10.5. The molecule has 1 aliphatic carbocycles. The van der Waals surface area contributed by atoms with Crippen LogP contribution in [-0.2, 0) is 10.8 Å². The maximum Gasteiger partial charge on any atom is 0.164 e. The van der Waals surface area contributed by atoms with Gasteiger partial charge in [0.1, 0.15) is 5.82 Å². The topological polar surface area (TPSA) is 56.5 Å². The summed E-state index contributed by atoms with van der Waals surface area (Å²) in [6.07, 6.45) is 0. The molecule has 2 heterocycles. The van der Waals surface area contributed by atoms with Crippen molar-refractivity contribution in [2.24, 2.45) is 5.41 Å². The largest absolute Gasteiger partial charge is 0.292 e. The first-order chi connectivity index (χ1) is 23.1. The van der Waals surface area contributed by atoms with Gasteiger partial charge in [0.15, 0.2) is 17.5 Å². The van der Waals surface area contributed by atoms with E-state index in [2.05, 4.69) is 137 Å². The Hall–Kier alpha value is -5.42. The Kier molecular flexibility index (Phi) is 6.75. The van der Waals surface area contributed by atoms with Crippen molar-refractivity contribution in [2.45, 2.75) is 52.4 Å². The lowest BCUT2D eigenvalue weighted by molar-refractivity contribution is 0.125. The van der Waals surface area contributed by atoms with Crippen molar-refractivity contribution in [3.05, 3.63) is 139 Å². The third-order valence-corrected chi connectivity index (χ3v) is 11.4. The van der Waals surface area contributed by atoms with E-state index in [0.717, 1.165) is 44.8 Å². The van der Waals surface area contributed by atoms with Crippen molar-refractivity contribution in [3.63, 3.8) is 0 Å². The van der Waals surface area contributed by atoms with Crippen LogP contribution in [0.1, 0.15) is 52.7 Å². The molecule has 5 aromatic carbocycles. The number of benzene rings is 5. The van der Waals surface area contributed by atoms with Crippen molar-refractivity contribution in [1.29, 1.82) is 0 Å². The second-order valence-corrected chi connectivity index (χ2v) is 14.5. The number of aromatic nitrogens is 5. The minimum Gasteiger partial charge on any atom is -0.292 e. The van der Waals surface area contributed by atoms with Crippen LogP contribution < -0.4 is 0 Å². The van der Waals surface area contributed by atoms with Gasteiger partial charge in [-0.2, -0.15) is 0 Å². The van der Waals surface area contributed by atoms with Gasteiger partial charge in [-0.25, -0.2) is 19.9 Å². The molecule has 0 amide bonds. The Morgan fingerprint density at radius 2 is 0.917 bits per heavy atom. The quantitative estimate of drug-likeness (QED) is 0.191. The summed E-state index contributed by atoms with van der Waals surface area (Å²) in [5.74, 6) is 2.77. The lowest BCUT2D eigenvalue weighted by Gasteiger charge is -2.44. The second-order valence-electron chi connectivity index (χ2n) is 14.5. The van der Waals surface area contributed by atoms with E-state index in [0.29, 0.717) is 17.5 Å². The number of fused-ring (bicyclic) bond motifs is 2. The first-order valence-corrected chi connectivity index (χ1v) is 16.7. The van der Waals surface area contributed by atoms with Gasteiger partial charge in [0.05, 0.1) is 11.0 Å². The molecule has 5 heteroatoms. The molecule has 0 fully saturated rings. The van der Waals surface area contributed by atoms with Gasteiger partial charge in [0.2, 0.25) is 0 Å². The Balaban J connectivity index is 1.50. The summed E-state index contributed by atoms with van der Waals surface area (Å²) in [7, 11) is 0. The molecule has 8 rings (SSSR count). The smallest absolute Gasteiger partial charge is 0.164 e. The van der Waals surface area contributed by atoms with Gasteiger partial charge in [0.25, 0.3) is 0 Å². The lowest BCUT2D eigenvalue weighted by atomic mass is 9.59. The number of hydrogen-bond donors (Lipinski definition) is 0. The summed E-state index contributed by atoms with van der Waals surface area (Å²) in [5, 5.41) is 0. The van der Waals surface area contributed by atoms with Gasteiger partial charge >= 0.3 is 0 Å². The van der Waals surface area contributed by atoms with E-state index in [1.807, 2.05) is 36.4 Å². The summed E-state index contributed by atoms with van der Waals surface area (Å²) in [6, 6.07) is 44.0. The van der Waals surface area contributed by atoms with Crippen LogP contribution in [0.15, 0.2) is 127 Å². The van der Waals surface area contributed by atoms with Crippen LogP contribution >= 0.6 is 0 Å². The molecule has 0 spiro atoms. The Morgan fingerprint density at radius 1 is 0.458 bits per heavy atom. The molecule has 0 bridgehead atoms. The summed E-state index contributed by atoms with van der Waals surface area (Å²) in [5.41, 5.74) is 9.29. The van der Waals surface area contributed by atoms with Crippen LogP contribution in [0.2, 0.25) is 0 Å². The summed E-state index contributed by atoms with van der Waals surface area (Å²) >= 11 is 0. The van der Waals surface area contributed by atoms with Gasteiger partial charge in [-0.1, -0.05) is 133 Å². The van der Waals surface area contributed by atoms with Crippen molar-refractivity contribution in [2.75, 3.05) is 0 Å². The fourth-order valence-corrected chi connectivity index (χ4v) is 7.43. The number of hydrogen-bond acceptors (Lipinski definition) is 4. The highest BCUT2D eigenvalue weighted by molar-refractivity contribution is 5.89. The number of rotatable bonds is 5. The van der Waals surface area contributed by atoms with Gasteiger partial charge < -0.3 is 0 Å². The fraction of sp³-hybridized carbons (Fsp3) is 0.209. The number of para-hydroxylation sites is 3. The maximum absolute atomic E-state index is 5.34. The summed E-state index contributed by atoms with van der Waals surface area (Å²) in [4.78, 5) is 20.8. The molecule has 0 unspecified atom stereocenters. The average molecular weight is 626 g/mol. The summed E-state index contributed by atoms with van der Waals surface area (Å²) in [6.45, 7) is 14.3. The third-order valence-electron chi connectivity index (χ3n) is 11.4. The number of imidazole rings is 1. The molecule has 1 aliphatic rings. The van der Waals surface area contributed by atoms with Crippen LogP contribution in [0.5, 0.6) is 0 Å². The molecule has 0 atom stereocenters. The first kappa shape index (κ1) is 29.9. The molecule has 48 heavy (non-hydrogen) atoms. The highest BCUT2D eigenvalue weighted by atomic mass is 15.1. The molecule has 0 radical (unpaired) electrons. The average Bonchev–Trinajstić information content (AvgIpc) is 3.55. The minimum atomic E-state index is -0.115. The molecule has 0 N–H and O–H groups in total. The van der Waals surface area contributed by atoms with Crippen LogP contribution in [0.25, 0.3) is 62.3 Å². The molecule has 0 saturated heterocycles. The molecular formula is C43H39N5. The van der Waals surface area contributed by atoms with Crippen LogP contribution in [0.4, 0.5) is 0 Å². The van der Waals surface area contributed by atoms with Crippen molar-refractivity contribution < 1.29 is 0 Å². The molecule has 0 aliphatic heterocycles.